The van der Waals surface area contributed by atoms with E-state index in [0.717, 1.165) is 17.2 Å². The van der Waals surface area contributed by atoms with Gasteiger partial charge < -0.3 is 19.5 Å². The fourth-order valence-electron chi connectivity index (χ4n) is 3.28. The molecular weight excluding hydrogens is 419 g/mol. The van der Waals surface area contributed by atoms with Crippen molar-refractivity contribution in [3.63, 3.8) is 0 Å². The summed E-state index contributed by atoms with van der Waals surface area (Å²) in [5.41, 5.74) is 1.76. The summed E-state index contributed by atoms with van der Waals surface area (Å²) in [6, 6.07) is 18.4. The summed E-state index contributed by atoms with van der Waals surface area (Å²) in [4.78, 5) is 0. The summed E-state index contributed by atoms with van der Waals surface area (Å²) >= 11 is 0. The number of alkyl halides is 3. The molecule has 4 nitrogen and oxygen atoms in total. The maximum atomic E-state index is 13.0. The second kappa shape index (κ2) is 10.4. The number of hydrogen-bond donors (Lipinski definition) is 1. The van der Waals surface area contributed by atoms with Crippen molar-refractivity contribution < 1.29 is 27.4 Å². The fraction of sp³-hybridized carbons (Fsp3) is 0.280. The molecule has 3 rings (SSSR count). The van der Waals surface area contributed by atoms with Crippen LogP contribution in [0.1, 0.15) is 35.2 Å². The van der Waals surface area contributed by atoms with Gasteiger partial charge in [-0.3, -0.25) is 0 Å². The maximum Gasteiger partial charge on any atom is 0.416 e. The van der Waals surface area contributed by atoms with Crippen molar-refractivity contribution in [1.29, 1.82) is 0 Å². The zero-order valence-electron chi connectivity index (χ0n) is 18.2. The standard InChI is InChI=1S/C25H26F3NO3/c1-17(20-10-7-11-21(14-20)25(26,27)28)29-15-19-12-22(30-2)24(23(13-19)31-3)32-16-18-8-5-4-6-9-18/h4-14,17,29H,15-16H2,1-3H3. The van der Waals surface area contributed by atoms with E-state index in [0.29, 0.717) is 36.0 Å². The van der Waals surface area contributed by atoms with Gasteiger partial charge in [0.2, 0.25) is 5.75 Å². The number of rotatable bonds is 9. The molecule has 0 amide bonds. The molecule has 7 heteroatoms. The van der Waals surface area contributed by atoms with Gasteiger partial charge in [0.05, 0.1) is 19.8 Å². The van der Waals surface area contributed by atoms with E-state index in [1.54, 1.807) is 20.3 Å². The van der Waals surface area contributed by atoms with Crippen LogP contribution in [0.15, 0.2) is 66.7 Å². The molecule has 0 aliphatic rings. The summed E-state index contributed by atoms with van der Waals surface area (Å²) < 4.78 is 56.0. The molecular formula is C25H26F3NO3. The Bertz CT molecular complexity index is 997. The Kier molecular flexibility index (Phi) is 7.64. The highest BCUT2D eigenvalue weighted by Gasteiger charge is 2.30. The molecule has 0 spiro atoms. The quantitative estimate of drug-likeness (QED) is 0.429. The minimum Gasteiger partial charge on any atom is -0.493 e. The summed E-state index contributed by atoms with van der Waals surface area (Å²) in [5.74, 6) is 1.53. The van der Waals surface area contributed by atoms with Crippen LogP contribution in [0, 0.1) is 0 Å². The summed E-state index contributed by atoms with van der Waals surface area (Å²) in [5, 5.41) is 3.25. The lowest BCUT2D eigenvalue weighted by molar-refractivity contribution is -0.137. The highest BCUT2D eigenvalue weighted by atomic mass is 19.4. The van der Waals surface area contributed by atoms with E-state index in [2.05, 4.69) is 5.32 Å². The van der Waals surface area contributed by atoms with Gasteiger partial charge in [0.1, 0.15) is 6.61 Å². The Hall–Kier alpha value is -3.19. The average molecular weight is 445 g/mol. The van der Waals surface area contributed by atoms with E-state index in [1.165, 1.54) is 12.1 Å². The monoisotopic (exact) mass is 445 g/mol. The van der Waals surface area contributed by atoms with Crippen molar-refractivity contribution in [2.45, 2.75) is 32.3 Å². The van der Waals surface area contributed by atoms with Gasteiger partial charge in [-0.25, -0.2) is 0 Å². The molecule has 0 aliphatic heterocycles. The van der Waals surface area contributed by atoms with Crippen molar-refractivity contribution in [1.82, 2.24) is 5.32 Å². The van der Waals surface area contributed by atoms with Crippen molar-refractivity contribution >= 4 is 0 Å². The van der Waals surface area contributed by atoms with E-state index in [4.69, 9.17) is 14.2 Å². The largest absolute Gasteiger partial charge is 0.493 e. The smallest absolute Gasteiger partial charge is 0.416 e. The second-order valence-corrected chi connectivity index (χ2v) is 7.33. The number of ether oxygens (including phenoxy) is 3. The van der Waals surface area contributed by atoms with Crippen LogP contribution in [-0.4, -0.2) is 14.2 Å². The number of benzene rings is 3. The first-order valence-corrected chi connectivity index (χ1v) is 10.1. The Morgan fingerprint density at radius 2 is 1.50 bits per heavy atom. The van der Waals surface area contributed by atoms with Crippen LogP contribution in [0.5, 0.6) is 17.2 Å². The van der Waals surface area contributed by atoms with E-state index < -0.39 is 11.7 Å². The number of nitrogens with one attached hydrogen (secondary N) is 1. The van der Waals surface area contributed by atoms with Gasteiger partial charge >= 0.3 is 6.18 Å². The van der Waals surface area contributed by atoms with Crippen LogP contribution >= 0.6 is 0 Å². The van der Waals surface area contributed by atoms with Crippen LogP contribution in [0.4, 0.5) is 13.2 Å². The molecule has 1 N–H and O–H groups in total. The van der Waals surface area contributed by atoms with Crippen LogP contribution in [-0.2, 0) is 19.3 Å². The van der Waals surface area contributed by atoms with Crippen molar-refractivity contribution in [2.24, 2.45) is 0 Å². The fourth-order valence-corrected chi connectivity index (χ4v) is 3.28. The number of halogens is 3. The molecule has 32 heavy (non-hydrogen) atoms. The van der Waals surface area contributed by atoms with Gasteiger partial charge in [0.15, 0.2) is 11.5 Å². The molecule has 0 saturated carbocycles. The predicted octanol–water partition coefficient (Wildman–Crippen LogP) is 6.15. The van der Waals surface area contributed by atoms with Gasteiger partial charge in [-0.2, -0.15) is 13.2 Å². The average Bonchev–Trinajstić information content (AvgIpc) is 2.81. The third-order valence-corrected chi connectivity index (χ3v) is 5.07. The van der Waals surface area contributed by atoms with Crippen LogP contribution in [0.25, 0.3) is 0 Å². The Morgan fingerprint density at radius 1 is 0.844 bits per heavy atom. The van der Waals surface area contributed by atoms with Gasteiger partial charge in [0, 0.05) is 12.6 Å². The second-order valence-electron chi connectivity index (χ2n) is 7.33. The molecule has 3 aromatic carbocycles. The van der Waals surface area contributed by atoms with Crippen LogP contribution in [0.2, 0.25) is 0 Å². The van der Waals surface area contributed by atoms with Gasteiger partial charge in [0.25, 0.3) is 0 Å². The summed E-state index contributed by atoms with van der Waals surface area (Å²) in [7, 11) is 3.10. The van der Waals surface area contributed by atoms with Crippen LogP contribution < -0.4 is 19.5 Å². The van der Waals surface area contributed by atoms with Gasteiger partial charge in [-0.05, 0) is 47.9 Å². The molecule has 0 heterocycles. The topological polar surface area (TPSA) is 39.7 Å². The van der Waals surface area contributed by atoms with Crippen molar-refractivity contribution in [3.8, 4) is 17.2 Å². The lowest BCUT2D eigenvalue weighted by Gasteiger charge is -2.19. The van der Waals surface area contributed by atoms with Crippen molar-refractivity contribution in [3.05, 3.63) is 89.0 Å². The Balaban J connectivity index is 1.73. The molecule has 0 radical (unpaired) electrons. The molecule has 0 saturated heterocycles. The molecule has 3 aromatic rings. The third kappa shape index (κ3) is 5.95. The maximum absolute atomic E-state index is 13.0. The van der Waals surface area contributed by atoms with E-state index in [1.807, 2.05) is 49.4 Å². The zero-order valence-corrected chi connectivity index (χ0v) is 18.2. The van der Waals surface area contributed by atoms with Gasteiger partial charge in [-0.1, -0.05) is 42.5 Å². The SMILES string of the molecule is COc1cc(CNC(C)c2cccc(C(F)(F)F)c2)cc(OC)c1OCc1ccccc1. The first-order chi connectivity index (χ1) is 15.3. The molecule has 0 bridgehead atoms. The molecule has 170 valence electrons. The van der Waals surface area contributed by atoms with Crippen molar-refractivity contribution in [2.75, 3.05) is 14.2 Å². The lowest BCUT2D eigenvalue weighted by atomic mass is 10.0. The summed E-state index contributed by atoms with van der Waals surface area (Å²) in [6.07, 6.45) is -4.37. The number of methoxy groups -OCH3 is 2. The predicted molar refractivity (Wildman–Crippen MR) is 117 cm³/mol. The molecule has 0 aromatic heterocycles. The Morgan fingerprint density at radius 3 is 2.09 bits per heavy atom. The zero-order chi connectivity index (χ0) is 23.1. The molecule has 0 fully saturated rings. The summed E-state index contributed by atoms with van der Waals surface area (Å²) in [6.45, 7) is 2.59. The normalized spacial score (nSPS) is 12.3. The first kappa shape index (κ1) is 23.5. The molecule has 1 atom stereocenters. The third-order valence-electron chi connectivity index (χ3n) is 5.07. The number of hydrogen-bond acceptors (Lipinski definition) is 4. The van der Waals surface area contributed by atoms with E-state index in [-0.39, 0.29) is 6.04 Å². The molecule has 0 aliphatic carbocycles. The minimum absolute atomic E-state index is 0.289. The van der Waals surface area contributed by atoms with Crippen LogP contribution in [0.3, 0.4) is 0 Å². The molecule has 1 unspecified atom stereocenters. The minimum atomic E-state index is -4.37. The highest BCUT2D eigenvalue weighted by Crippen LogP contribution is 2.39. The van der Waals surface area contributed by atoms with Gasteiger partial charge in [-0.15, -0.1) is 0 Å². The van der Waals surface area contributed by atoms with E-state index in [9.17, 15) is 13.2 Å². The Labute approximate surface area is 185 Å². The lowest BCUT2D eigenvalue weighted by Crippen LogP contribution is -2.19. The van der Waals surface area contributed by atoms with E-state index >= 15 is 0 Å². The highest BCUT2D eigenvalue weighted by molar-refractivity contribution is 5.54. The first-order valence-electron chi connectivity index (χ1n) is 10.1.